The van der Waals surface area contributed by atoms with E-state index in [1.54, 1.807) is 18.2 Å². The zero-order chi connectivity index (χ0) is 11.4. The van der Waals surface area contributed by atoms with Crippen molar-refractivity contribution in [3.05, 3.63) is 28.2 Å². The highest BCUT2D eigenvalue weighted by molar-refractivity contribution is 6.43. The fourth-order valence-corrected chi connectivity index (χ4v) is 1.30. The van der Waals surface area contributed by atoms with Gasteiger partial charge in [-0.05, 0) is 12.1 Å². The van der Waals surface area contributed by atoms with Gasteiger partial charge < -0.3 is 15.5 Å². The molecular formula is C9H9Cl2NO3. The third-order valence-electron chi connectivity index (χ3n) is 1.72. The summed E-state index contributed by atoms with van der Waals surface area (Å²) in [7, 11) is 0. The molecule has 0 radical (unpaired) electrons. The van der Waals surface area contributed by atoms with Gasteiger partial charge in [0.05, 0.1) is 22.3 Å². The Kier molecular flexibility index (Phi) is 4.20. The van der Waals surface area contributed by atoms with Crippen molar-refractivity contribution in [2.45, 2.75) is 6.10 Å². The van der Waals surface area contributed by atoms with E-state index in [0.29, 0.717) is 15.7 Å². The first-order chi connectivity index (χ1) is 7.02. The standard InChI is InChI=1S/C9H9Cl2NO3/c10-5-2-1-3-6(8(5)11)12-4-7(13)9(14)15/h1-3,7,12-13H,4H2,(H,14,15). The summed E-state index contributed by atoms with van der Waals surface area (Å²) in [5.41, 5.74) is 0.490. The van der Waals surface area contributed by atoms with E-state index in [1.165, 1.54) is 0 Å². The van der Waals surface area contributed by atoms with Crippen LogP contribution in [0.25, 0.3) is 0 Å². The second-order valence-electron chi connectivity index (χ2n) is 2.84. The van der Waals surface area contributed by atoms with Crippen LogP contribution in [-0.2, 0) is 4.79 Å². The Morgan fingerprint density at radius 3 is 2.73 bits per heavy atom. The number of nitrogens with one attached hydrogen (secondary N) is 1. The van der Waals surface area contributed by atoms with Gasteiger partial charge in [0.25, 0.3) is 0 Å². The number of carboxylic acid groups (broad SMARTS) is 1. The van der Waals surface area contributed by atoms with Crippen molar-refractivity contribution in [3.63, 3.8) is 0 Å². The summed E-state index contributed by atoms with van der Waals surface area (Å²) in [5.74, 6) is -1.29. The van der Waals surface area contributed by atoms with Crippen molar-refractivity contribution in [1.82, 2.24) is 0 Å². The monoisotopic (exact) mass is 249 g/mol. The third-order valence-corrected chi connectivity index (χ3v) is 2.54. The van der Waals surface area contributed by atoms with Crippen LogP contribution in [-0.4, -0.2) is 28.8 Å². The largest absolute Gasteiger partial charge is 0.479 e. The number of carbonyl (C=O) groups is 1. The topological polar surface area (TPSA) is 69.6 Å². The molecule has 82 valence electrons. The lowest BCUT2D eigenvalue weighted by Crippen LogP contribution is -2.28. The first-order valence-corrected chi connectivity index (χ1v) is 4.86. The molecule has 15 heavy (non-hydrogen) atoms. The molecule has 0 saturated heterocycles. The first kappa shape index (κ1) is 12.1. The molecule has 0 aliphatic rings. The van der Waals surface area contributed by atoms with Crippen LogP contribution in [0.3, 0.4) is 0 Å². The van der Waals surface area contributed by atoms with Gasteiger partial charge in [-0.1, -0.05) is 29.3 Å². The molecule has 1 atom stereocenters. The van der Waals surface area contributed by atoms with E-state index in [0.717, 1.165) is 0 Å². The maximum Gasteiger partial charge on any atom is 0.334 e. The molecule has 0 bridgehead atoms. The molecule has 0 aromatic heterocycles. The molecule has 1 rings (SSSR count). The summed E-state index contributed by atoms with van der Waals surface area (Å²) in [4.78, 5) is 10.3. The molecule has 4 nitrogen and oxygen atoms in total. The number of hydrogen-bond acceptors (Lipinski definition) is 3. The van der Waals surface area contributed by atoms with Gasteiger partial charge in [-0.15, -0.1) is 0 Å². The molecule has 1 unspecified atom stereocenters. The van der Waals surface area contributed by atoms with Gasteiger partial charge in [-0.2, -0.15) is 0 Å². The Morgan fingerprint density at radius 1 is 1.47 bits per heavy atom. The van der Waals surface area contributed by atoms with Crippen molar-refractivity contribution < 1.29 is 15.0 Å². The maximum atomic E-state index is 10.3. The van der Waals surface area contributed by atoms with E-state index in [1.807, 2.05) is 0 Å². The minimum atomic E-state index is -1.47. The lowest BCUT2D eigenvalue weighted by molar-refractivity contribution is -0.145. The molecule has 6 heteroatoms. The van der Waals surface area contributed by atoms with Crippen molar-refractivity contribution in [3.8, 4) is 0 Å². The highest BCUT2D eigenvalue weighted by Crippen LogP contribution is 2.29. The SMILES string of the molecule is O=C(O)C(O)CNc1cccc(Cl)c1Cl. The summed E-state index contributed by atoms with van der Waals surface area (Å²) in [5, 5.41) is 20.8. The number of carboxylic acids is 1. The lowest BCUT2D eigenvalue weighted by Gasteiger charge is -2.10. The summed E-state index contributed by atoms with van der Waals surface area (Å²) < 4.78 is 0. The normalized spacial score (nSPS) is 12.2. The molecule has 0 saturated carbocycles. The van der Waals surface area contributed by atoms with Crippen LogP contribution in [0.15, 0.2) is 18.2 Å². The molecule has 0 fully saturated rings. The molecular weight excluding hydrogens is 241 g/mol. The summed E-state index contributed by atoms with van der Waals surface area (Å²) in [6, 6.07) is 4.93. The summed E-state index contributed by atoms with van der Waals surface area (Å²) >= 11 is 11.6. The van der Waals surface area contributed by atoms with Gasteiger partial charge in [0.1, 0.15) is 0 Å². The zero-order valence-electron chi connectivity index (χ0n) is 7.58. The van der Waals surface area contributed by atoms with Crippen molar-refractivity contribution in [2.24, 2.45) is 0 Å². The smallest absolute Gasteiger partial charge is 0.334 e. The van der Waals surface area contributed by atoms with Crippen molar-refractivity contribution in [1.29, 1.82) is 0 Å². The Bertz CT molecular complexity index is 370. The van der Waals surface area contributed by atoms with Gasteiger partial charge in [0, 0.05) is 0 Å². The van der Waals surface area contributed by atoms with Crippen LogP contribution in [0, 0.1) is 0 Å². The number of aliphatic carboxylic acids is 1. The number of halogens is 2. The van der Waals surface area contributed by atoms with E-state index in [-0.39, 0.29) is 6.54 Å². The number of rotatable bonds is 4. The fraction of sp³-hybridized carbons (Fsp3) is 0.222. The van der Waals surface area contributed by atoms with E-state index in [9.17, 15) is 4.79 Å². The van der Waals surface area contributed by atoms with Gasteiger partial charge in [-0.25, -0.2) is 4.79 Å². The van der Waals surface area contributed by atoms with Crippen LogP contribution in [0.2, 0.25) is 10.0 Å². The minimum absolute atomic E-state index is 0.130. The Hall–Kier alpha value is -0.970. The van der Waals surface area contributed by atoms with E-state index < -0.39 is 12.1 Å². The van der Waals surface area contributed by atoms with Crippen LogP contribution >= 0.6 is 23.2 Å². The quantitative estimate of drug-likeness (QED) is 0.762. The van der Waals surface area contributed by atoms with Gasteiger partial charge in [0.2, 0.25) is 0 Å². The Morgan fingerprint density at radius 2 is 2.13 bits per heavy atom. The Balaban J connectivity index is 2.66. The predicted molar refractivity (Wildman–Crippen MR) is 58.6 cm³/mol. The molecule has 0 aliphatic heterocycles. The first-order valence-electron chi connectivity index (χ1n) is 4.11. The van der Waals surface area contributed by atoms with E-state index >= 15 is 0 Å². The van der Waals surface area contributed by atoms with Crippen LogP contribution in [0.5, 0.6) is 0 Å². The highest BCUT2D eigenvalue weighted by atomic mass is 35.5. The second kappa shape index (κ2) is 5.21. The summed E-state index contributed by atoms with van der Waals surface area (Å²) in [6.07, 6.45) is -1.47. The molecule has 3 N–H and O–H groups in total. The van der Waals surface area contributed by atoms with E-state index in [4.69, 9.17) is 33.4 Å². The van der Waals surface area contributed by atoms with Crippen LogP contribution in [0.4, 0.5) is 5.69 Å². The number of hydrogen-bond donors (Lipinski definition) is 3. The average Bonchev–Trinajstić information content (AvgIpc) is 2.19. The fourth-order valence-electron chi connectivity index (χ4n) is 0.934. The van der Waals surface area contributed by atoms with Crippen LogP contribution < -0.4 is 5.32 Å². The predicted octanol–water partition coefficient (Wildman–Crippen LogP) is 1.85. The minimum Gasteiger partial charge on any atom is -0.479 e. The van der Waals surface area contributed by atoms with Crippen molar-refractivity contribution >= 4 is 34.9 Å². The zero-order valence-corrected chi connectivity index (χ0v) is 9.09. The van der Waals surface area contributed by atoms with E-state index in [2.05, 4.69) is 5.32 Å². The summed E-state index contributed by atoms with van der Waals surface area (Å²) in [6.45, 7) is -0.130. The number of benzene rings is 1. The molecule has 0 amide bonds. The number of aliphatic hydroxyl groups is 1. The van der Waals surface area contributed by atoms with Gasteiger partial charge >= 0.3 is 5.97 Å². The molecule has 0 spiro atoms. The molecule has 0 aliphatic carbocycles. The van der Waals surface area contributed by atoms with Crippen LogP contribution in [0.1, 0.15) is 0 Å². The third kappa shape index (κ3) is 3.27. The van der Waals surface area contributed by atoms with Gasteiger partial charge in [0.15, 0.2) is 6.10 Å². The average molecular weight is 250 g/mol. The molecule has 1 aromatic rings. The molecule has 1 aromatic carbocycles. The van der Waals surface area contributed by atoms with Crippen molar-refractivity contribution in [2.75, 3.05) is 11.9 Å². The number of aliphatic hydroxyl groups excluding tert-OH is 1. The second-order valence-corrected chi connectivity index (χ2v) is 3.62. The highest BCUT2D eigenvalue weighted by Gasteiger charge is 2.13. The lowest BCUT2D eigenvalue weighted by atomic mass is 10.3. The number of anilines is 1. The van der Waals surface area contributed by atoms with Gasteiger partial charge in [-0.3, -0.25) is 0 Å². The maximum absolute atomic E-state index is 10.3. The Labute approximate surface area is 96.4 Å². The molecule has 0 heterocycles.